The van der Waals surface area contributed by atoms with Crippen LogP contribution in [0, 0.1) is 6.92 Å². The fraction of sp³-hybridized carbons (Fsp3) is 0.281. The van der Waals surface area contributed by atoms with Crippen LogP contribution in [0.3, 0.4) is 0 Å². The number of imidazole rings is 1. The maximum Gasteiger partial charge on any atom is 0.248 e. The lowest BCUT2D eigenvalue weighted by molar-refractivity contribution is -0.120. The molecule has 4 rings (SSSR count). The van der Waals surface area contributed by atoms with Gasteiger partial charge in [0, 0.05) is 25.6 Å². The lowest BCUT2D eigenvalue weighted by Gasteiger charge is -2.27. The highest BCUT2D eigenvalue weighted by atomic mass is 16.5. The standard InChI is InChI=1S/C32H36N4O3/c1-4-26-15-11-12-24(3)32(26)36(23-39-5-2)31(38)22-35-28-17-10-9-16-27(28)34-29(35)20-21-33-30(37)19-18-25-13-7-6-8-14-25/h6-19H,4-5,20-23H2,1-3H3,(H,33,37)/b19-18+. The van der Waals surface area contributed by atoms with Gasteiger partial charge in [0.15, 0.2) is 0 Å². The summed E-state index contributed by atoms with van der Waals surface area (Å²) in [5.41, 5.74) is 5.70. The summed E-state index contributed by atoms with van der Waals surface area (Å²) in [4.78, 5) is 32.8. The monoisotopic (exact) mass is 524 g/mol. The largest absolute Gasteiger partial charge is 0.361 e. The summed E-state index contributed by atoms with van der Waals surface area (Å²) in [6.07, 6.45) is 4.61. The first kappa shape index (κ1) is 27.8. The topological polar surface area (TPSA) is 76.5 Å². The quantitative estimate of drug-likeness (QED) is 0.201. The number of para-hydroxylation sites is 3. The van der Waals surface area contributed by atoms with E-state index in [0.29, 0.717) is 19.6 Å². The summed E-state index contributed by atoms with van der Waals surface area (Å²) in [5, 5.41) is 2.93. The van der Waals surface area contributed by atoms with E-state index in [0.717, 1.165) is 45.7 Å². The number of carbonyl (C=O) groups excluding carboxylic acids is 2. The maximum atomic E-state index is 13.9. The van der Waals surface area contributed by atoms with E-state index >= 15 is 0 Å². The first-order valence-electron chi connectivity index (χ1n) is 13.4. The molecule has 1 heterocycles. The molecule has 0 bridgehead atoms. The minimum atomic E-state index is -0.174. The lowest BCUT2D eigenvalue weighted by atomic mass is 10.0. The molecular weight excluding hydrogens is 488 g/mol. The van der Waals surface area contributed by atoms with Crippen molar-refractivity contribution >= 4 is 34.6 Å². The summed E-state index contributed by atoms with van der Waals surface area (Å²) >= 11 is 0. The zero-order valence-corrected chi connectivity index (χ0v) is 22.9. The Morgan fingerprint density at radius 1 is 1.00 bits per heavy atom. The summed E-state index contributed by atoms with van der Waals surface area (Å²) in [6.45, 7) is 7.23. The van der Waals surface area contributed by atoms with Gasteiger partial charge in [-0.05, 0) is 55.2 Å². The first-order valence-corrected chi connectivity index (χ1v) is 13.4. The number of rotatable bonds is 12. The Hall–Kier alpha value is -4.23. The Labute approximate surface area is 230 Å². The van der Waals surface area contributed by atoms with Gasteiger partial charge in [-0.2, -0.15) is 0 Å². The number of anilines is 1. The highest BCUT2D eigenvalue weighted by Gasteiger charge is 2.23. The van der Waals surface area contributed by atoms with Crippen molar-refractivity contribution < 1.29 is 14.3 Å². The van der Waals surface area contributed by atoms with Crippen LogP contribution in [-0.4, -0.2) is 41.2 Å². The zero-order valence-electron chi connectivity index (χ0n) is 22.9. The molecule has 0 aliphatic rings. The number of nitrogens with one attached hydrogen (secondary N) is 1. The Morgan fingerprint density at radius 3 is 2.54 bits per heavy atom. The molecule has 202 valence electrons. The van der Waals surface area contributed by atoms with Crippen LogP contribution in [-0.2, 0) is 33.7 Å². The summed E-state index contributed by atoms with van der Waals surface area (Å²) in [6, 6.07) is 23.6. The Kier molecular flexibility index (Phi) is 9.64. The number of carbonyl (C=O) groups is 2. The summed E-state index contributed by atoms with van der Waals surface area (Å²) < 4.78 is 7.69. The highest BCUT2D eigenvalue weighted by molar-refractivity contribution is 5.95. The molecule has 7 nitrogen and oxygen atoms in total. The van der Waals surface area contributed by atoms with Crippen LogP contribution in [0.2, 0.25) is 0 Å². The van der Waals surface area contributed by atoms with E-state index in [4.69, 9.17) is 9.72 Å². The van der Waals surface area contributed by atoms with Crippen molar-refractivity contribution in [1.82, 2.24) is 14.9 Å². The fourth-order valence-corrected chi connectivity index (χ4v) is 4.64. The number of ether oxygens (including phenoxy) is 1. The third-order valence-electron chi connectivity index (χ3n) is 6.60. The molecule has 0 atom stereocenters. The van der Waals surface area contributed by atoms with Crippen LogP contribution >= 0.6 is 0 Å². The van der Waals surface area contributed by atoms with Gasteiger partial charge in [-0.25, -0.2) is 4.98 Å². The van der Waals surface area contributed by atoms with Gasteiger partial charge in [-0.3, -0.25) is 14.5 Å². The molecule has 0 unspecified atom stereocenters. The predicted molar refractivity (Wildman–Crippen MR) is 156 cm³/mol. The van der Waals surface area contributed by atoms with E-state index in [1.165, 1.54) is 6.08 Å². The highest BCUT2D eigenvalue weighted by Crippen LogP contribution is 2.27. The molecule has 7 heteroatoms. The molecule has 0 saturated heterocycles. The van der Waals surface area contributed by atoms with E-state index in [9.17, 15) is 9.59 Å². The molecule has 0 radical (unpaired) electrons. The van der Waals surface area contributed by atoms with Gasteiger partial charge in [0.25, 0.3) is 0 Å². The van der Waals surface area contributed by atoms with Gasteiger partial charge in [-0.15, -0.1) is 0 Å². The maximum absolute atomic E-state index is 13.9. The number of benzene rings is 3. The Morgan fingerprint density at radius 2 is 1.77 bits per heavy atom. The van der Waals surface area contributed by atoms with Gasteiger partial charge in [-0.1, -0.05) is 67.6 Å². The van der Waals surface area contributed by atoms with Crippen molar-refractivity contribution in [3.05, 3.63) is 101 Å². The molecule has 39 heavy (non-hydrogen) atoms. The molecule has 1 aromatic heterocycles. The third kappa shape index (κ3) is 7.00. The molecule has 0 aliphatic heterocycles. The smallest absolute Gasteiger partial charge is 0.248 e. The molecule has 4 aromatic rings. The van der Waals surface area contributed by atoms with Crippen molar-refractivity contribution in [2.45, 2.75) is 40.2 Å². The molecule has 2 amide bonds. The van der Waals surface area contributed by atoms with Gasteiger partial charge in [0.1, 0.15) is 19.1 Å². The van der Waals surface area contributed by atoms with E-state index in [1.54, 1.807) is 11.0 Å². The van der Waals surface area contributed by atoms with E-state index in [-0.39, 0.29) is 25.1 Å². The molecule has 0 aliphatic carbocycles. The molecule has 1 N–H and O–H groups in total. The number of amides is 2. The fourth-order valence-electron chi connectivity index (χ4n) is 4.64. The van der Waals surface area contributed by atoms with Crippen LogP contribution in [0.15, 0.2) is 78.9 Å². The van der Waals surface area contributed by atoms with Crippen LogP contribution in [0.1, 0.15) is 36.4 Å². The van der Waals surface area contributed by atoms with Crippen LogP contribution in [0.5, 0.6) is 0 Å². The molecule has 0 fully saturated rings. The van der Waals surface area contributed by atoms with E-state index in [1.807, 2.05) is 85.1 Å². The Balaban J connectivity index is 1.54. The number of nitrogens with zero attached hydrogens (tertiary/aromatic N) is 3. The lowest BCUT2D eigenvalue weighted by Crippen LogP contribution is -2.37. The van der Waals surface area contributed by atoms with Crippen molar-refractivity contribution in [2.75, 3.05) is 24.8 Å². The minimum Gasteiger partial charge on any atom is -0.361 e. The van der Waals surface area contributed by atoms with Crippen LogP contribution < -0.4 is 10.2 Å². The normalized spacial score (nSPS) is 11.3. The third-order valence-corrected chi connectivity index (χ3v) is 6.60. The second-order valence-corrected chi connectivity index (χ2v) is 9.27. The van der Waals surface area contributed by atoms with Gasteiger partial charge in [0.2, 0.25) is 11.8 Å². The van der Waals surface area contributed by atoms with E-state index < -0.39 is 0 Å². The average Bonchev–Trinajstić information content (AvgIpc) is 3.30. The number of aromatic nitrogens is 2. The average molecular weight is 525 g/mol. The molecule has 3 aromatic carbocycles. The van der Waals surface area contributed by atoms with Crippen molar-refractivity contribution in [1.29, 1.82) is 0 Å². The van der Waals surface area contributed by atoms with Crippen LogP contribution in [0.4, 0.5) is 5.69 Å². The minimum absolute atomic E-state index is 0.0771. The van der Waals surface area contributed by atoms with Crippen molar-refractivity contribution in [2.24, 2.45) is 0 Å². The van der Waals surface area contributed by atoms with Crippen LogP contribution in [0.25, 0.3) is 17.1 Å². The SMILES string of the molecule is CCOCN(C(=O)Cn1c(CCNC(=O)/C=C/c2ccccc2)nc2ccccc21)c1c(C)cccc1CC. The predicted octanol–water partition coefficient (Wildman–Crippen LogP) is 5.31. The number of aryl methyl sites for hydroxylation is 2. The molecular formula is C32H36N4O3. The second-order valence-electron chi connectivity index (χ2n) is 9.27. The van der Waals surface area contributed by atoms with Gasteiger partial charge < -0.3 is 14.6 Å². The number of hydrogen-bond acceptors (Lipinski definition) is 4. The van der Waals surface area contributed by atoms with Gasteiger partial charge in [0.05, 0.1) is 16.7 Å². The number of hydrogen-bond donors (Lipinski definition) is 1. The summed E-state index contributed by atoms with van der Waals surface area (Å²) in [5.74, 6) is 0.493. The molecule has 0 saturated carbocycles. The van der Waals surface area contributed by atoms with E-state index in [2.05, 4.69) is 18.3 Å². The first-order chi connectivity index (χ1) is 19.0. The zero-order chi connectivity index (χ0) is 27.6. The second kappa shape index (κ2) is 13.5. The van der Waals surface area contributed by atoms with Crippen molar-refractivity contribution in [3.63, 3.8) is 0 Å². The Bertz CT molecular complexity index is 1440. The molecule has 0 spiro atoms. The number of fused-ring (bicyclic) bond motifs is 1. The van der Waals surface area contributed by atoms with Crippen molar-refractivity contribution in [3.8, 4) is 0 Å². The summed E-state index contributed by atoms with van der Waals surface area (Å²) in [7, 11) is 0. The van der Waals surface area contributed by atoms with Gasteiger partial charge >= 0.3 is 0 Å².